The average molecular weight is 325 g/mol. The van der Waals surface area contributed by atoms with E-state index in [1.165, 1.54) is 0 Å². The van der Waals surface area contributed by atoms with Gasteiger partial charge in [-0.2, -0.15) is 0 Å². The average Bonchev–Trinajstić information content (AvgIpc) is 2.43. The summed E-state index contributed by atoms with van der Waals surface area (Å²) in [5, 5.41) is 3.41. The molecule has 21 heavy (non-hydrogen) atoms. The molecule has 0 aromatic heterocycles. The van der Waals surface area contributed by atoms with Crippen LogP contribution in [0.3, 0.4) is 0 Å². The van der Waals surface area contributed by atoms with Gasteiger partial charge in [0, 0.05) is 6.54 Å². The Balaban J connectivity index is 2.39. The number of hydrogen-bond donors (Lipinski definition) is 2. The third-order valence-corrected chi connectivity index (χ3v) is 4.65. The van der Waals surface area contributed by atoms with E-state index in [0.717, 1.165) is 5.56 Å². The maximum absolute atomic E-state index is 12.5. The minimum Gasteiger partial charge on any atom is -0.384 e. The Bertz CT molecular complexity index is 745. The summed E-state index contributed by atoms with van der Waals surface area (Å²) < 4.78 is 27.6. The molecule has 2 aromatic rings. The molecule has 0 saturated heterocycles. The largest absolute Gasteiger partial charge is 0.384 e. The van der Waals surface area contributed by atoms with Gasteiger partial charge in [-0.05, 0) is 43.7 Å². The first-order chi connectivity index (χ1) is 9.94. The van der Waals surface area contributed by atoms with Crippen LogP contribution in [-0.4, -0.2) is 15.0 Å². The number of sulfonamides is 1. The molecule has 0 fully saturated rings. The van der Waals surface area contributed by atoms with Crippen LogP contribution >= 0.6 is 11.6 Å². The second-order valence-corrected chi connectivity index (χ2v) is 6.67. The second-order valence-electron chi connectivity index (χ2n) is 4.62. The highest BCUT2D eigenvalue weighted by atomic mass is 35.5. The number of rotatable bonds is 5. The van der Waals surface area contributed by atoms with Crippen molar-refractivity contribution in [3.63, 3.8) is 0 Å². The number of benzene rings is 2. The van der Waals surface area contributed by atoms with Crippen molar-refractivity contribution in [3.05, 3.63) is 53.1 Å². The molecule has 0 unspecified atom stereocenters. The van der Waals surface area contributed by atoms with Crippen molar-refractivity contribution in [2.75, 3.05) is 16.6 Å². The van der Waals surface area contributed by atoms with Crippen molar-refractivity contribution < 1.29 is 8.42 Å². The number of hydrogen-bond acceptors (Lipinski definition) is 3. The molecule has 0 saturated carbocycles. The summed E-state index contributed by atoms with van der Waals surface area (Å²) in [5.74, 6) is 0. The van der Waals surface area contributed by atoms with Gasteiger partial charge < -0.3 is 5.32 Å². The Hall–Kier alpha value is -1.72. The van der Waals surface area contributed by atoms with Gasteiger partial charge in [-0.3, -0.25) is 4.72 Å². The molecule has 0 aliphatic carbocycles. The number of halogens is 1. The highest BCUT2D eigenvalue weighted by Gasteiger charge is 2.19. The van der Waals surface area contributed by atoms with Crippen LogP contribution in [0.25, 0.3) is 0 Å². The van der Waals surface area contributed by atoms with Crippen LogP contribution in [-0.2, 0) is 10.0 Å². The summed E-state index contributed by atoms with van der Waals surface area (Å²) >= 11 is 6.08. The zero-order valence-electron chi connectivity index (χ0n) is 11.9. The SMILES string of the molecule is CCNc1ccccc1S(=O)(=O)Nc1ccc(C)cc1Cl. The molecule has 2 rings (SSSR count). The molecular formula is C15H17ClN2O2S. The summed E-state index contributed by atoms with van der Waals surface area (Å²) in [6.45, 7) is 4.44. The van der Waals surface area contributed by atoms with Gasteiger partial charge in [0.1, 0.15) is 4.90 Å². The highest BCUT2D eigenvalue weighted by molar-refractivity contribution is 7.92. The predicted molar refractivity (Wildman–Crippen MR) is 87.6 cm³/mol. The van der Waals surface area contributed by atoms with E-state index in [9.17, 15) is 8.42 Å². The van der Waals surface area contributed by atoms with Gasteiger partial charge in [-0.25, -0.2) is 8.42 Å². The lowest BCUT2D eigenvalue weighted by Crippen LogP contribution is -2.15. The minimum atomic E-state index is -3.70. The molecular weight excluding hydrogens is 308 g/mol. The summed E-state index contributed by atoms with van der Waals surface area (Å²) in [6, 6.07) is 11.9. The number of para-hydroxylation sites is 1. The lowest BCUT2D eigenvalue weighted by Gasteiger charge is -2.14. The Morgan fingerprint density at radius 1 is 1.10 bits per heavy atom. The van der Waals surface area contributed by atoms with Crippen molar-refractivity contribution in [1.82, 2.24) is 0 Å². The fourth-order valence-electron chi connectivity index (χ4n) is 1.94. The first-order valence-corrected chi connectivity index (χ1v) is 8.42. The molecule has 4 nitrogen and oxygen atoms in total. The van der Waals surface area contributed by atoms with E-state index in [1.807, 2.05) is 13.8 Å². The highest BCUT2D eigenvalue weighted by Crippen LogP contribution is 2.28. The molecule has 2 aromatic carbocycles. The van der Waals surface area contributed by atoms with E-state index >= 15 is 0 Å². The lowest BCUT2D eigenvalue weighted by molar-refractivity contribution is 0.601. The smallest absolute Gasteiger partial charge is 0.263 e. The summed E-state index contributed by atoms with van der Waals surface area (Å²) in [4.78, 5) is 0.198. The molecule has 0 heterocycles. The van der Waals surface area contributed by atoms with Crippen LogP contribution in [0.5, 0.6) is 0 Å². The van der Waals surface area contributed by atoms with Crippen molar-refractivity contribution in [1.29, 1.82) is 0 Å². The quantitative estimate of drug-likeness (QED) is 0.877. The van der Waals surface area contributed by atoms with Gasteiger partial charge in [0.25, 0.3) is 10.0 Å². The molecule has 0 bridgehead atoms. The van der Waals surface area contributed by atoms with Gasteiger partial charge in [-0.15, -0.1) is 0 Å². The van der Waals surface area contributed by atoms with Gasteiger partial charge in [0.15, 0.2) is 0 Å². The molecule has 0 radical (unpaired) electrons. The van der Waals surface area contributed by atoms with Gasteiger partial charge in [-0.1, -0.05) is 29.8 Å². The topological polar surface area (TPSA) is 58.2 Å². The monoisotopic (exact) mass is 324 g/mol. The van der Waals surface area contributed by atoms with Crippen LogP contribution < -0.4 is 10.0 Å². The molecule has 0 aliphatic rings. The van der Waals surface area contributed by atoms with E-state index in [-0.39, 0.29) is 4.90 Å². The number of anilines is 2. The number of aryl methyl sites for hydroxylation is 1. The molecule has 112 valence electrons. The third kappa shape index (κ3) is 3.68. The number of nitrogens with one attached hydrogen (secondary N) is 2. The standard InChI is InChI=1S/C15H17ClN2O2S/c1-3-17-14-6-4-5-7-15(14)21(19,20)18-13-9-8-11(2)10-12(13)16/h4-10,17-18H,3H2,1-2H3. The van der Waals surface area contributed by atoms with Gasteiger partial charge in [0.05, 0.1) is 16.4 Å². The summed E-state index contributed by atoms with van der Waals surface area (Å²) in [6.07, 6.45) is 0. The fraction of sp³-hybridized carbons (Fsp3) is 0.200. The second kappa shape index (κ2) is 6.37. The lowest BCUT2D eigenvalue weighted by atomic mass is 10.2. The van der Waals surface area contributed by atoms with E-state index in [2.05, 4.69) is 10.0 Å². The Morgan fingerprint density at radius 3 is 2.48 bits per heavy atom. The molecule has 2 N–H and O–H groups in total. The van der Waals surface area contributed by atoms with Crippen LogP contribution in [0, 0.1) is 6.92 Å². The normalized spacial score (nSPS) is 11.2. The van der Waals surface area contributed by atoms with E-state index in [1.54, 1.807) is 42.5 Å². The van der Waals surface area contributed by atoms with E-state index in [0.29, 0.717) is 22.9 Å². The molecule has 0 spiro atoms. The van der Waals surface area contributed by atoms with Crippen molar-refractivity contribution in [2.24, 2.45) is 0 Å². The summed E-state index contributed by atoms with van der Waals surface area (Å²) in [7, 11) is -3.70. The van der Waals surface area contributed by atoms with Gasteiger partial charge in [0.2, 0.25) is 0 Å². The third-order valence-electron chi connectivity index (χ3n) is 2.91. The van der Waals surface area contributed by atoms with Crippen LogP contribution in [0.4, 0.5) is 11.4 Å². The molecule has 0 amide bonds. The maximum Gasteiger partial charge on any atom is 0.263 e. The van der Waals surface area contributed by atoms with Gasteiger partial charge >= 0.3 is 0 Å². The zero-order valence-corrected chi connectivity index (χ0v) is 13.4. The van der Waals surface area contributed by atoms with Crippen LogP contribution in [0.2, 0.25) is 5.02 Å². The first kappa shape index (κ1) is 15.7. The predicted octanol–water partition coefficient (Wildman–Crippen LogP) is 3.88. The Morgan fingerprint density at radius 2 is 1.81 bits per heavy atom. The minimum absolute atomic E-state index is 0.198. The molecule has 0 atom stereocenters. The van der Waals surface area contributed by atoms with Crippen molar-refractivity contribution in [3.8, 4) is 0 Å². The van der Waals surface area contributed by atoms with Crippen molar-refractivity contribution in [2.45, 2.75) is 18.7 Å². The Labute approximate surface area is 130 Å². The van der Waals surface area contributed by atoms with E-state index < -0.39 is 10.0 Å². The summed E-state index contributed by atoms with van der Waals surface area (Å²) in [5.41, 5.74) is 1.90. The Kier molecular flexibility index (Phi) is 4.75. The molecule has 6 heteroatoms. The van der Waals surface area contributed by atoms with Crippen molar-refractivity contribution >= 4 is 33.0 Å². The zero-order chi connectivity index (χ0) is 15.5. The van der Waals surface area contributed by atoms with E-state index in [4.69, 9.17) is 11.6 Å². The first-order valence-electron chi connectivity index (χ1n) is 6.56. The maximum atomic E-state index is 12.5. The van der Waals surface area contributed by atoms with Crippen LogP contribution in [0.15, 0.2) is 47.4 Å². The molecule has 0 aliphatic heterocycles. The fourth-order valence-corrected chi connectivity index (χ4v) is 3.54. The van der Waals surface area contributed by atoms with Crippen LogP contribution in [0.1, 0.15) is 12.5 Å².